The molecule has 1 aromatic rings. The van der Waals surface area contributed by atoms with Gasteiger partial charge in [-0.15, -0.1) is 0 Å². The number of hydrogen-bond donors (Lipinski definition) is 0. The Hall–Kier alpha value is -1.10. The molecule has 0 radical (unpaired) electrons. The van der Waals surface area contributed by atoms with E-state index < -0.39 is 0 Å². The van der Waals surface area contributed by atoms with Crippen molar-refractivity contribution in [2.45, 2.75) is 51.1 Å². The van der Waals surface area contributed by atoms with Gasteiger partial charge in [-0.2, -0.15) is 0 Å². The van der Waals surface area contributed by atoms with E-state index in [9.17, 15) is 9.59 Å². The second-order valence-corrected chi connectivity index (χ2v) is 7.07. The van der Waals surface area contributed by atoms with E-state index in [2.05, 4.69) is 15.9 Å². The molecule has 2 fully saturated rings. The highest BCUT2D eigenvalue weighted by Gasteiger charge is 2.35. The molecule has 1 aromatic heterocycles. The van der Waals surface area contributed by atoms with Crippen LogP contribution in [0.5, 0.6) is 0 Å². The van der Waals surface area contributed by atoms with Crippen LogP contribution < -0.4 is 5.56 Å². The summed E-state index contributed by atoms with van der Waals surface area (Å²) in [5.41, 5.74) is -0.122. The first kappa shape index (κ1) is 14.8. The van der Waals surface area contributed by atoms with Crippen LogP contribution in [0.1, 0.15) is 38.5 Å². The topological polar surface area (TPSA) is 42.3 Å². The van der Waals surface area contributed by atoms with Gasteiger partial charge in [-0.1, -0.05) is 12.8 Å². The normalized spacial score (nSPS) is 25.5. The predicted molar refractivity (Wildman–Crippen MR) is 85.1 cm³/mol. The molecule has 0 N–H and O–H groups in total. The van der Waals surface area contributed by atoms with Crippen LogP contribution in [0.2, 0.25) is 0 Å². The number of amides is 1. The molecule has 3 rings (SSSR count). The number of carbonyl (C=O) groups excluding carboxylic acids is 1. The van der Waals surface area contributed by atoms with Gasteiger partial charge in [-0.05, 0) is 53.6 Å². The van der Waals surface area contributed by atoms with Gasteiger partial charge in [0.15, 0.2) is 0 Å². The van der Waals surface area contributed by atoms with Crippen molar-refractivity contribution < 1.29 is 4.79 Å². The van der Waals surface area contributed by atoms with E-state index in [1.807, 2.05) is 4.90 Å². The van der Waals surface area contributed by atoms with E-state index in [0.29, 0.717) is 12.0 Å². The third kappa shape index (κ3) is 3.23. The molecule has 0 spiro atoms. The van der Waals surface area contributed by atoms with Gasteiger partial charge in [0.25, 0.3) is 5.56 Å². The summed E-state index contributed by atoms with van der Waals surface area (Å²) >= 11 is 3.35. The molecule has 0 bridgehead atoms. The van der Waals surface area contributed by atoms with Crippen molar-refractivity contribution in [2.24, 2.45) is 5.92 Å². The lowest BCUT2D eigenvalue weighted by Gasteiger charge is -2.44. The Morgan fingerprint density at radius 1 is 1.19 bits per heavy atom. The van der Waals surface area contributed by atoms with Gasteiger partial charge in [-0.3, -0.25) is 9.59 Å². The van der Waals surface area contributed by atoms with Gasteiger partial charge in [0, 0.05) is 29.3 Å². The molecule has 21 heavy (non-hydrogen) atoms. The lowest BCUT2D eigenvalue weighted by Crippen LogP contribution is -2.51. The van der Waals surface area contributed by atoms with E-state index in [4.69, 9.17) is 0 Å². The number of piperidine rings is 1. The number of aromatic nitrogens is 1. The van der Waals surface area contributed by atoms with Gasteiger partial charge >= 0.3 is 0 Å². The highest BCUT2D eigenvalue weighted by atomic mass is 79.9. The monoisotopic (exact) mass is 352 g/mol. The van der Waals surface area contributed by atoms with Crippen molar-refractivity contribution in [1.82, 2.24) is 9.47 Å². The number of halogens is 1. The Bertz CT molecular complexity index is 582. The zero-order valence-corrected chi connectivity index (χ0v) is 13.7. The van der Waals surface area contributed by atoms with E-state index >= 15 is 0 Å². The van der Waals surface area contributed by atoms with Gasteiger partial charge in [0.05, 0.1) is 0 Å². The van der Waals surface area contributed by atoms with E-state index in [0.717, 1.165) is 23.9 Å². The van der Waals surface area contributed by atoms with Crippen molar-refractivity contribution in [3.05, 3.63) is 33.2 Å². The quantitative estimate of drug-likeness (QED) is 0.821. The SMILES string of the molecule is O=C(Cn1cc(Br)ccc1=O)N1CCC[C@@H]2CCCC[C@@H]21. The summed E-state index contributed by atoms with van der Waals surface area (Å²) < 4.78 is 2.32. The molecule has 1 aliphatic heterocycles. The molecule has 1 saturated heterocycles. The van der Waals surface area contributed by atoms with Crippen LogP contribution in [0.15, 0.2) is 27.6 Å². The molecule has 1 saturated carbocycles. The van der Waals surface area contributed by atoms with Gasteiger partial charge in [0.1, 0.15) is 6.54 Å². The highest BCUT2D eigenvalue weighted by Crippen LogP contribution is 2.35. The van der Waals surface area contributed by atoms with Crippen molar-refractivity contribution in [3.63, 3.8) is 0 Å². The summed E-state index contributed by atoms with van der Waals surface area (Å²) in [5.74, 6) is 0.766. The van der Waals surface area contributed by atoms with Crippen LogP contribution >= 0.6 is 15.9 Å². The maximum Gasteiger partial charge on any atom is 0.251 e. The minimum Gasteiger partial charge on any atom is -0.338 e. The van der Waals surface area contributed by atoms with Crippen LogP contribution in [0.25, 0.3) is 0 Å². The molecule has 114 valence electrons. The summed E-state index contributed by atoms with van der Waals surface area (Å²) in [4.78, 5) is 26.5. The molecule has 2 aliphatic rings. The Morgan fingerprint density at radius 3 is 2.81 bits per heavy atom. The molecular weight excluding hydrogens is 332 g/mol. The van der Waals surface area contributed by atoms with Gasteiger partial charge in [-0.25, -0.2) is 0 Å². The molecule has 2 heterocycles. The summed E-state index contributed by atoms with van der Waals surface area (Å²) in [6.45, 7) is 1.00. The second-order valence-electron chi connectivity index (χ2n) is 6.15. The third-order valence-corrected chi connectivity index (χ3v) is 5.29. The lowest BCUT2D eigenvalue weighted by molar-refractivity contribution is -0.138. The molecular formula is C16H21BrN2O2. The standard InChI is InChI=1S/C16H21BrN2O2/c17-13-7-8-15(20)18(10-13)11-16(21)19-9-3-5-12-4-1-2-6-14(12)19/h7-8,10,12,14H,1-6,9,11H2/t12-,14-/m0/s1. The van der Waals surface area contributed by atoms with Gasteiger partial charge < -0.3 is 9.47 Å². The number of hydrogen-bond acceptors (Lipinski definition) is 2. The fourth-order valence-corrected chi connectivity index (χ4v) is 4.18. The zero-order chi connectivity index (χ0) is 14.8. The summed E-state index contributed by atoms with van der Waals surface area (Å²) in [5, 5.41) is 0. The lowest BCUT2D eigenvalue weighted by atomic mass is 9.78. The molecule has 2 atom stereocenters. The summed E-state index contributed by atoms with van der Waals surface area (Å²) in [6.07, 6.45) is 8.96. The van der Waals surface area contributed by atoms with E-state index in [1.165, 1.54) is 36.3 Å². The number of fused-ring (bicyclic) bond motifs is 1. The van der Waals surface area contributed by atoms with Gasteiger partial charge in [0.2, 0.25) is 5.91 Å². The number of pyridine rings is 1. The van der Waals surface area contributed by atoms with Crippen molar-refractivity contribution >= 4 is 21.8 Å². The first-order chi connectivity index (χ1) is 10.1. The van der Waals surface area contributed by atoms with E-state index in [1.54, 1.807) is 12.3 Å². The predicted octanol–water partition coefficient (Wildman–Crippen LogP) is 2.79. The van der Waals surface area contributed by atoms with Crippen LogP contribution in [0.3, 0.4) is 0 Å². The van der Waals surface area contributed by atoms with Crippen LogP contribution in [0, 0.1) is 5.92 Å². The van der Waals surface area contributed by atoms with Crippen molar-refractivity contribution in [1.29, 1.82) is 0 Å². The first-order valence-electron chi connectivity index (χ1n) is 7.80. The smallest absolute Gasteiger partial charge is 0.251 e. The number of nitrogens with zero attached hydrogens (tertiary/aromatic N) is 2. The zero-order valence-electron chi connectivity index (χ0n) is 12.1. The number of carbonyl (C=O) groups is 1. The number of rotatable bonds is 2. The summed E-state index contributed by atoms with van der Waals surface area (Å²) in [7, 11) is 0. The fraction of sp³-hybridized carbons (Fsp3) is 0.625. The molecule has 4 nitrogen and oxygen atoms in total. The summed E-state index contributed by atoms with van der Waals surface area (Å²) in [6, 6.07) is 3.61. The molecule has 1 amide bonds. The van der Waals surface area contributed by atoms with E-state index in [-0.39, 0.29) is 18.0 Å². The van der Waals surface area contributed by atoms with Crippen molar-refractivity contribution in [2.75, 3.05) is 6.54 Å². The fourth-order valence-electron chi connectivity index (χ4n) is 3.80. The Balaban J connectivity index is 1.75. The molecule has 5 heteroatoms. The number of likely N-dealkylation sites (tertiary alicyclic amines) is 1. The van der Waals surface area contributed by atoms with Crippen molar-refractivity contribution in [3.8, 4) is 0 Å². The molecule has 0 unspecified atom stereocenters. The minimum absolute atomic E-state index is 0.0896. The average molecular weight is 353 g/mol. The Kier molecular flexibility index (Phi) is 4.48. The first-order valence-corrected chi connectivity index (χ1v) is 8.60. The maximum atomic E-state index is 12.6. The maximum absolute atomic E-state index is 12.6. The van der Waals surface area contributed by atoms with Crippen LogP contribution in [-0.2, 0) is 11.3 Å². The second kappa shape index (κ2) is 6.34. The molecule has 1 aliphatic carbocycles. The Morgan fingerprint density at radius 2 is 1.95 bits per heavy atom. The highest BCUT2D eigenvalue weighted by molar-refractivity contribution is 9.10. The third-order valence-electron chi connectivity index (χ3n) is 4.82. The van der Waals surface area contributed by atoms with Crippen LogP contribution in [-0.4, -0.2) is 28.0 Å². The largest absolute Gasteiger partial charge is 0.338 e. The average Bonchev–Trinajstić information content (AvgIpc) is 2.50. The van der Waals surface area contributed by atoms with Crippen LogP contribution in [0.4, 0.5) is 0 Å². The Labute approximate surface area is 133 Å². The minimum atomic E-state index is -0.122. The molecule has 0 aromatic carbocycles.